The maximum Gasteiger partial charge on any atom is 0.267 e. The van der Waals surface area contributed by atoms with Gasteiger partial charge in [-0.2, -0.15) is 0 Å². The second kappa shape index (κ2) is 8.43. The molecule has 0 spiro atoms. The van der Waals surface area contributed by atoms with Crippen LogP contribution in [-0.4, -0.2) is 63.3 Å². The lowest BCUT2D eigenvalue weighted by Gasteiger charge is -2.23. The number of nitrogen functional groups attached to an aromatic ring is 1. The average Bonchev–Trinajstić information content (AvgIpc) is 3.11. The molecule has 2 aromatic heterocycles. The number of benzene rings is 1. The Bertz CT molecular complexity index is 1290. The smallest absolute Gasteiger partial charge is 0.267 e. The van der Waals surface area contributed by atoms with Crippen LogP contribution in [0.1, 0.15) is 36.3 Å². The number of fused-ring (bicyclic) bond motifs is 1. The molecule has 2 saturated heterocycles. The first kappa shape index (κ1) is 21.3. The summed E-state index contributed by atoms with van der Waals surface area (Å²) in [5.41, 5.74) is 9.30. The van der Waals surface area contributed by atoms with E-state index in [1.54, 1.807) is 7.05 Å². The molecule has 0 aliphatic carbocycles. The first-order valence-electron chi connectivity index (χ1n) is 11.0. The van der Waals surface area contributed by atoms with Gasteiger partial charge >= 0.3 is 0 Å². The molecule has 4 heterocycles. The molecule has 3 N–H and O–H groups in total. The highest BCUT2D eigenvalue weighted by atomic mass is 16.5. The van der Waals surface area contributed by atoms with Crippen molar-refractivity contribution >= 4 is 22.8 Å². The van der Waals surface area contributed by atoms with Gasteiger partial charge in [0.05, 0.1) is 11.2 Å². The number of hydrogen-bond acceptors (Lipinski definition) is 7. The van der Waals surface area contributed by atoms with Gasteiger partial charge in [-0.05, 0) is 42.5 Å². The highest BCUT2D eigenvalue weighted by Gasteiger charge is 2.42. The van der Waals surface area contributed by atoms with Crippen molar-refractivity contribution in [2.45, 2.75) is 30.8 Å². The highest BCUT2D eigenvalue weighted by molar-refractivity contribution is 5.91. The molecule has 1 amide bonds. The maximum atomic E-state index is 12.2. The van der Waals surface area contributed by atoms with E-state index in [2.05, 4.69) is 27.9 Å². The number of nitrogens with two attached hydrogens (primary N) is 1. The van der Waals surface area contributed by atoms with Gasteiger partial charge < -0.3 is 20.5 Å². The Kier molecular flexibility index (Phi) is 5.44. The molecule has 0 bridgehead atoms. The molecule has 2 fully saturated rings. The normalized spacial score (nSPS) is 21.3. The van der Waals surface area contributed by atoms with Crippen LogP contribution in [0.15, 0.2) is 36.7 Å². The van der Waals surface area contributed by atoms with E-state index in [0.717, 1.165) is 35.2 Å². The van der Waals surface area contributed by atoms with Crippen LogP contribution in [0.5, 0.6) is 0 Å². The van der Waals surface area contributed by atoms with Crippen molar-refractivity contribution in [3.63, 3.8) is 0 Å². The summed E-state index contributed by atoms with van der Waals surface area (Å²) in [6.45, 7) is 1.92. The average molecular weight is 444 g/mol. The van der Waals surface area contributed by atoms with Crippen LogP contribution >= 0.6 is 0 Å². The predicted octanol–water partition coefficient (Wildman–Crippen LogP) is 2.11. The van der Waals surface area contributed by atoms with Crippen LogP contribution in [-0.2, 0) is 9.53 Å². The molecule has 2 aliphatic rings. The molecule has 2 aliphatic heterocycles. The molecule has 1 atom stereocenters. The summed E-state index contributed by atoms with van der Waals surface area (Å²) in [6, 6.07) is 9.66. The van der Waals surface area contributed by atoms with Crippen molar-refractivity contribution in [2.24, 2.45) is 0 Å². The number of likely N-dealkylation sites (tertiary alicyclic amines) is 1. The summed E-state index contributed by atoms with van der Waals surface area (Å²) < 4.78 is 5.54. The van der Waals surface area contributed by atoms with E-state index < -0.39 is 5.60 Å². The van der Waals surface area contributed by atoms with Crippen LogP contribution in [0.4, 0.5) is 5.82 Å². The molecule has 0 radical (unpaired) electrons. The summed E-state index contributed by atoms with van der Waals surface area (Å²) in [7, 11) is 1.67. The highest BCUT2D eigenvalue weighted by Crippen LogP contribution is 2.35. The molecule has 33 heavy (non-hydrogen) atoms. The van der Waals surface area contributed by atoms with Crippen LogP contribution in [0.25, 0.3) is 22.3 Å². The zero-order valence-corrected chi connectivity index (χ0v) is 18.4. The predicted molar refractivity (Wildman–Crippen MR) is 124 cm³/mol. The number of carbonyl (C=O) groups excluding carboxylic acids is 1. The van der Waals surface area contributed by atoms with Gasteiger partial charge in [0.15, 0.2) is 5.82 Å². The van der Waals surface area contributed by atoms with Crippen molar-refractivity contribution in [3.8, 4) is 23.1 Å². The van der Waals surface area contributed by atoms with E-state index in [1.165, 1.54) is 11.2 Å². The van der Waals surface area contributed by atoms with Crippen molar-refractivity contribution in [1.82, 2.24) is 19.9 Å². The van der Waals surface area contributed by atoms with E-state index in [9.17, 15) is 9.90 Å². The number of aliphatic hydroxyl groups is 1. The van der Waals surface area contributed by atoms with Crippen LogP contribution in [0, 0.1) is 11.8 Å². The van der Waals surface area contributed by atoms with Crippen molar-refractivity contribution in [3.05, 3.63) is 47.8 Å². The number of amides is 1. The van der Waals surface area contributed by atoms with E-state index in [-0.39, 0.29) is 5.91 Å². The molecule has 8 heteroatoms. The Morgan fingerprint density at radius 3 is 2.79 bits per heavy atom. The van der Waals surface area contributed by atoms with Gasteiger partial charge in [-0.15, -0.1) is 0 Å². The first-order valence-corrected chi connectivity index (χ1v) is 11.0. The fourth-order valence-corrected chi connectivity index (χ4v) is 4.45. The molecule has 0 saturated carbocycles. The standard InChI is InChI=1S/C25H25N5O3/c1-30-10-9-25(32,24(30)31)8-5-16-3-2-4-18(13-16)20-14-19(17-6-11-33-12-7-17)21-22(29-20)23(26)28-15-27-21/h2-4,13-15,17,32H,6-7,9-12H2,1H3,(H2,26,27,28)/t25-/m0/s1. The van der Waals surface area contributed by atoms with Gasteiger partial charge in [0.25, 0.3) is 5.91 Å². The third-order valence-corrected chi connectivity index (χ3v) is 6.39. The summed E-state index contributed by atoms with van der Waals surface area (Å²) in [5.74, 6) is 6.04. The molecular formula is C25H25N5O3. The minimum absolute atomic E-state index is 0.301. The van der Waals surface area contributed by atoms with Crippen LogP contribution < -0.4 is 5.73 Å². The molecule has 8 nitrogen and oxygen atoms in total. The van der Waals surface area contributed by atoms with Crippen molar-refractivity contribution in [1.29, 1.82) is 0 Å². The number of ether oxygens (including phenoxy) is 1. The monoisotopic (exact) mass is 443 g/mol. The SMILES string of the molecule is CN1CC[C@@](O)(C#Cc2cccc(-c3cc(C4CCOCC4)c4ncnc(N)c4n3)c2)C1=O. The van der Waals surface area contributed by atoms with Gasteiger partial charge in [-0.25, -0.2) is 15.0 Å². The summed E-state index contributed by atoms with van der Waals surface area (Å²) in [6.07, 6.45) is 3.60. The van der Waals surface area contributed by atoms with Crippen LogP contribution in [0.2, 0.25) is 0 Å². The molecular weight excluding hydrogens is 418 g/mol. The van der Waals surface area contributed by atoms with Gasteiger partial charge in [0.1, 0.15) is 11.8 Å². The van der Waals surface area contributed by atoms with E-state index in [0.29, 0.717) is 49.0 Å². The number of hydrogen-bond donors (Lipinski definition) is 2. The Morgan fingerprint density at radius 2 is 2.03 bits per heavy atom. The van der Waals surface area contributed by atoms with Crippen molar-refractivity contribution in [2.75, 3.05) is 32.5 Å². The third kappa shape index (κ3) is 4.01. The lowest BCUT2D eigenvalue weighted by Crippen LogP contribution is -2.37. The van der Waals surface area contributed by atoms with E-state index in [1.807, 2.05) is 24.3 Å². The number of anilines is 1. The largest absolute Gasteiger partial charge is 0.382 e. The Hall–Kier alpha value is -3.54. The van der Waals surface area contributed by atoms with E-state index in [4.69, 9.17) is 15.5 Å². The number of pyridine rings is 1. The Balaban J connectivity index is 1.56. The number of rotatable bonds is 2. The minimum atomic E-state index is -1.63. The van der Waals surface area contributed by atoms with E-state index >= 15 is 0 Å². The number of carbonyl (C=O) groups is 1. The minimum Gasteiger partial charge on any atom is -0.382 e. The zero-order chi connectivity index (χ0) is 23.0. The number of likely N-dealkylation sites (N-methyl/N-ethyl adjacent to an activating group) is 1. The molecule has 168 valence electrons. The Morgan fingerprint density at radius 1 is 1.21 bits per heavy atom. The number of aromatic nitrogens is 3. The fourth-order valence-electron chi connectivity index (χ4n) is 4.45. The second-order valence-electron chi connectivity index (χ2n) is 8.61. The van der Waals surface area contributed by atoms with Gasteiger partial charge in [0, 0.05) is 44.4 Å². The second-order valence-corrected chi connectivity index (χ2v) is 8.61. The van der Waals surface area contributed by atoms with Gasteiger partial charge in [-0.3, -0.25) is 4.79 Å². The molecule has 1 aromatic carbocycles. The van der Waals surface area contributed by atoms with Gasteiger partial charge in [-0.1, -0.05) is 24.0 Å². The summed E-state index contributed by atoms with van der Waals surface area (Å²) in [5, 5.41) is 10.6. The third-order valence-electron chi connectivity index (χ3n) is 6.39. The van der Waals surface area contributed by atoms with Gasteiger partial charge in [0.2, 0.25) is 5.60 Å². The topological polar surface area (TPSA) is 114 Å². The lowest BCUT2D eigenvalue weighted by atomic mass is 9.90. The van der Waals surface area contributed by atoms with Crippen LogP contribution in [0.3, 0.4) is 0 Å². The zero-order valence-electron chi connectivity index (χ0n) is 18.4. The summed E-state index contributed by atoms with van der Waals surface area (Å²) >= 11 is 0. The number of nitrogens with zero attached hydrogens (tertiary/aromatic N) is 4. The Labute approximate surface area is 191 Å². The maximum absolute atomic E-state index is 12.2. The molecule has 0 unspecified atom stereocenters. The molecule has 3 aromatic rings. The summed E-state index contributed by atoms with van der Waals surface area (Å²) in [4.78, 5) is 27.1. The lowest BCUT2D eigenvalue weighted by molar-refractivity contribution is -0.137. The quantitative estimate of drug-likeness (QED) is 0.583. The fraction of sp³-hybridized carbons (Fsp3) is 0.360. The van der Waals surface area contributed by atoms with Crippen molar-refractivity contribution < 1.29 is 14.6 Å². The molecule has 5 rings (SSSR count). The first-order chi connectivity index (χ1) is 15.9.